The Labute approximate surface area is 204 Å². The molecule has 1 aliphatic rings. The third-order valence-electron chi connectivity index (χ3n) is 4.86. The number of ether oxygens (including phenoxy) is 5. The molecule has 1 unspecified atom stereocenters. The second kappa shape index (κ2) is 17.6. The van der Waals surface area contributed by atoms with Gasteiger partial charge in [0.05, 0.1) is 68.3 Å². The fourth-order valence-electron chi connectivity index (χ4n) is 3.10. The number of nitrogens with one attached hydrogen (secondary N) is 2. The molecule has 0 radical (unpaired) electrons. The van der Waals surface area contributed by atoms with Crippen molar-refractivity contribution in [2.75, 3.05) is 73.1 Å². The number of amides is 1. The van der Waals surface area contributed by atoms with E-state index in [4.69, 9.17) is 23.7 Å². The number of halogens is 1. The summed E-state index contributed by atoms with van der Waals surface area (Å²) in [5, 5.41) is 10.5. The number of hydrogen-bond donors (Lipinski definition) is 2. The lowest BCUT2D eigenvalue weighted by molar-refractivity contribution is -0.121. The Morgan fingerprint density at radius 2 is 1.75 bits per heavy atom. The fourth-order valence-corrected chi connectivity index (χ4v) is 3.66. The standard InChI is InChI=1S/C21H37IN4O6/c1-23-20(27)5-8-28-10-12-30-14-15-31-13-11-29-9-6-24-17-19-18(22)16-25-26(19)21-4-2-3-7-32-21/h16,21,24H,2-15,17H2,1H3,(H,23,27). The van der Waals surface area contributed by atoms with Crippen molar-refractivity contribution in [2.24, 2.45) is 0 Å². The zero-order valence-electron chi connectivity index (χ0n) is 19.0. The summed E-state index contributed by atoms with van der Waals surface area (Å²) in [6.45, 7) is 6.42. The number of carbonyl (C=O) groups excluding carboxylic acids is 1. The van der Waals surface area contributed by atoms with E-state index in [-0.39, 0.29) is 12.1 Å². The van der Waals surface area contributed by atoms with Gasteiger partial charge in [0.1, 0.15) is 0 Å². The first-order chi connectivity index (χ1) is 15.7. The molecule has 1 aromatic rings. The second-order valence-corrected chi connectivity index (χ2v) is 8.42. The Kier molecular flexibility index (Phi) is 15.1. The van der Waals surface area contributed by atoms with Crippen LogP contribution in [0.4, 0.5) is 0 Å². The van der Waals surface area contributed by atoms with E-state index in [1.54, 1.807) is 7.05 Å². The maximum atomic E-state index is 11.0. The van der Waals surface area contributed by atoms with E-state index in [0.29, 0.717) is 59.3 Å². The van der Waals surface area contributed by atoms with Crippen molar-refractivity contribution in [3.8, 4) is 0 Å². The molecule has 2 rings (SSSR count). The molecule has 11 heteroatoms. The van der Waals surface area contributed by atoms with E-state index < -0.39 is 0 Å². The highest BCUT2D eigenvalue weighted by Crippen LogP contribution is 2.25. The van der Waals surface area contributed by atoms with Gasteiger partial charge in [-0.3, -0.25) is 4.79 Å². The van der Waals surface area contributed by atoms with Gasteiger partial charge < -0.3 is 34.3 Å². The zero-order chi connectivity index (χ0) is 22.9. The maximum Gasteiger partial charge on any atom is 0.222 e. The Morgan fingerprint density at radius 1 is 1.09 bits per heavy atom. The van der Waals surface area contributed by atoms with Gasteiger partial charge in [-0.25, -0.2) is 4.68 Å². The van der Waals surface area contributed by atoms with Crippen LogP contribution in [0.1, 0.15) is 37.6 Å². The van der Waals surface area contributed by atoms with Crippen LogP contribution in [-0.2, 0) is 35.0 Å². The molecular weight excluding hydrogens is 531 g/mol. The minimum absolute atomic E-state index is 0.0238. The van der Waals surface area contributed by atoms with Crippen molar-refractivity contribution >= 4 is 28.5 Å². The molecule has 32 heavy (non-hydrogen) atoms. The average molecular weight is 568 g/mol. The summed E-state index contributed by atoms with van der Waals surface area (Å²) in [6.07, 6.45) is 5.66. The molecule has 1 fully saturated rings. The van der Waals surface area contributed by atoms with Gasteiger partial charge in [0.15, 0.2) is 6.23 Å². The van der Waals surface area contributed by atoms with Crippen molar-refractivity contribution in [2.45, 2.75) is 38.5 Å². The molecule has 10 nitrogen and oxygen atoms in total. The molecule has 2 N–H and O–H groups in total. The molecule has 1 atom stereocenters. The van der Waals surface area contributed by atoms with E-state index in [9.17, 15) is 4.79 Å². The molecule has 1 aromatic heterocycles. The minimum Gasteiger partial charge on any atom is -0.379 e. The lowest BCUT2D eigenvalue weighted by atomic mass is 10.2. The smallest absolute Gasteiger partial charge is 0.222 e. The Balaban J connectivity index is 1.37. The summed E-state index contributed by atoms with van der Waals surface area (Å²) >= 11 is 2.32. The highest BCUT2D eigenvalue weighted by Gasteiger charge is 2.20. The van der Waals surface area contributed by atoms with Gasteiger partial charge in [0.2, 0.25) is 5.91 Å². The van der Waals surface area contributed by atoms with E-state index in [2.05, 4.69) is 38.3 Å². The number of rotatable bonds is 18. The van der Waals surface area contributed by atoms with Crippen LogP contribution in [0.3, 0.4) is 0 Å². The van der Waals surface area contributed by atoms with Gasteiger partial charge in [-0.1, -0.05) is 0 Å². The van der Waals surface area contributed by atoms with Crippen LogP contribution in [0.25, 0.3) is 0 Å². The molecule has 1 amide bonds. The summed E-state index contributed by atoms with van der Waals surface area (Å²) in [7, 11) is 1.61. The zero-order valence-corrected chi connectivity index (χ0v) is 21.1. The molecule has 1 saturated heterocycles. The molecular formula is C21H37IN4O6. The molecule has 2 heterocycles. The Bertz CT molecular complexity index is 627. The van der Waals surface area contributed by atoms with Crippen LogP contribution in [0.2, 0.25) is 0 Å². The Morgan fingerprint density at radius 3 is 2.38 bits per heavy atom. The van der Waals surface area contributed by atoms with E-state index in [1.807, 2.05) is 10.9 Å². The molecule has 184 valence electrons. The third-order valence-corrected chi connectivity index (χ3v) is 5.76. The monoisotopic (exact) mass is 568 g/mol. The summed E-state index contributed by atoms with van der Waals surface area (Å²) in [4.78, 5) is 11.0. The van der Waals surface area contributed by atoms with Crippen molar-refractivity contribution in [1.29, 1.82) is 0 Å². The first-order valence-electron chi connectivity index (χ1n) is 11.3. The number of hydrogen-bond acceptors (Lipinski definition) is 8. The SMILES string of the molecule is CNC(=O)CCOCCOCCOCCOCCNCc1c(I)cnn1C1CCCCO1. The number of aromatic nitrogens is 2. The van der Waals surface area contributed by atoms with E-state index >= 15 is 0 Å². The van der Waals surface area contributed by atoms with Gasteiger partial charge in [-0.15, -0.1) is 0 Å². The van der Waals surface area contributed by atoms with Crippen LogP contribution in [-0.4, -0.2) is 88.7 Å². The minimum atomic E-state index is -0.0238. The van der Waals surface area contributed by atoms with Crippen molar-refractivity contribution in [1.82, 2.24) is 20.4 Å². The largest absolute Gasteiger partial charge is 0.379 e. The summed E-state index contributed by atoms with van der Waals surface area (Å²) in [5.41, 5.74) is 1.16. The average Bonchev–Trinajstić information content (AvgIpc) is 3.19. The van der Waals surface area contributed by atoms with Crippen molar-refractivity contribution in [3.63, 3.8) is 0 Å². The molecule has 0 saturated carbocycles. The topological polar surface area (TPSA) is 105 Å². The maximum absolute atomic E-state index is 11.0. The molecule has 0 spiro atoms. The molecule has 0 aliphatic carbocycles. The normalized spacial score (nSPS) is 16.4. The lowest BCUT2D eigenvalue weighted by Gasteiger charge is -2.24. The molecule has 1 aliphatic heterocycles. The van der Waals surface area contributed by atoms with Crippen molar-refractivity contribution in [3.05, 3.63) is 15.5 Å². The summed E-state index contributed by atoms with van der Waals surface area (Å²) in [6, 6.07) is 0. The van der Waals surface area contributed by atoms with Crippen LogP contribution < -0.4 is 10.6 Å². The highest BCUT2D eigenvalue weighted by molar-refractivity contribution is 14.1. The molecule has 0 aromatic carbocycles. The van der Waals surface area contributed by atoms with Crippen LogP contribution >= 0.6 is 22.6 Å². The van der Waals surface area contributed by atoms with Gasteiger partial charge in [0.25, 0.3) is 0 Å². The first kappa shape index (κ1) is 27.4. The number of carbonyl (C=O) groups is 1. The summed E-state index contributed by atoms with van der Waals surface area (Å²) < 4.78 is 30.8. The van der Waals surface area contributed by atoms with Crippen molar-refractivity contribution < 1.29 is 28.5 Å². The van der Waals surface area contributed by atoms with Gasteiger partial charge in [-0.2, -0.15) is 5.10 Å². The predicted molar refractivity (Wildman–Crippen MR) is 127 cm³/mol. The van der Waals surface area contributed by atoms with Gasteiger partial charge in [0, 0.05) is 33.2 Å². The third kappa shape index (κ3) is 11.3. The van der Waals surface area contributed by atoms with E-state index in [0.717, 1.165) is 41.8 Å². The van der Waals surface area contributed by atoms with Gasteiger partial charge in [-0.05, 0) is 41.9 Å². The predicted octanol–water partition coefficient (Wildman–Crippen LogP) is 1.48. The number of nitrogens with zero attached hydrogens (tertiary/aromatic N) is 2. The Hall–Kier alpha value is -0.830. The quantitative estimate of drug-likeness (QED) is 0.203. The van der Waals surface area contributed by atoms with Crippen LogP contribution in [0, 0.1) is 3.57 Å². The first-order valence-corrected chi connectivity index (χ1v) is 12.4. The second-order valence-electron chi connectivity index (χ2n) is 7.25. The lowest BCUT2D eigenvalue weighted by Crippen LogP contribution is -2.26. The van der Waals surface area contributed by atoms with Gasteiger partial charge >= 0.3 is 0 Å². The van der Waals surface area contributed by atoms with E-state index in [1.165, 1.54) is 6.42 Å². The van der Waals surface area contributed by atoms with Crippen LogP contribution in [0.15, 0.2) is 6.20 Å². The van der Waals surface area contributed by atoms with Crippen LogP contribution in [0.5, 0.6) is 0 Å². The fraction of sp³-hybridized carbons (Fsp3) is 0.810. The highest BCUT2D eigenvalue weighted by atomic mass is 127. The molecule has 0 bridgehead atoms. The summed E-state index contributed by atoms with van der Waals surface area (Å²) in [5.74, 6) is -0.0238.